The molecule has 1 aliphatic heterocycles. The van der Waals surface area contributed by atoms with Gasteiger partial charge >= 0.3 is 0 Å². The van der Waals surface area contributed by atoms with Gasteiger partial charge in [-0.05, 0) is 51.0 Å². The highest BCUT2D eigenvalue weighted by atomic mass is 127. The van der Waals surface area contributed by atoms with Gasteiger partial charge in [0.15, 0.2) is 5.96 Å². The number of halogens is 1. The Labute approximate surface area is 181 Å². The monoisotopic (exact) mass is 495 g/mol. The lowest BCUT2D eigenvalue weighted by Gasteiger charge is -2.26. The van der Waals surface area contributed by atoms with E-state index in [-0.39, 0.29) is 35.9 Å². The van der Waals surface area contributed by atoms with Crippen LogP contribution in [0.2, 0.25) is 0 Å². The molecule has 1 saturated heterocycles. The van der Waals surface area contributed by atoms with Crippen LogP contribution in [-0.4, -0.2) is 88.2 Å². The number of likely N-dealkylation sites (tertiary alicyclic amines) is 1. The minimum atomic E-state index is 0. The van der Waals surface area contributed by atoms with Crippen LogP contribution in [0.4, 0.5) is 0 Å². The Hall–Kier alpha value is -0.610. The van der Waals surface area contributed by atoms with Crippen LogP contribution in [0.5, 0.6) is 0 Å². The van der Waals surface area contributed by atoms with Gasteiger partial charge in [0.05, 0.1) is 6.04 Å². The molecule has 2 rings (SSSR count). The number of nitrogens with one attached hydrogen (secondary N) is 2. The number of aliphatic imine (C=N–C) groups is 1. The summed E-state index contributed by atoms with van der Waals surface area (Å²) in [5.41, 5.74) is 0. The summed E-state index contributed by atoms with van der Waals surface area (Å²) < 4.78 is 5.64. The average molecular weight is 495 g/mol. The van der Waals surface area contributed by atoms with Gasteiger partial charge in [-0.3, -0.25) is 14.7 Å². The molecule has 158 valence electrons. The first-order valence-electron chi connectivity index (χ1n) is 10.1. The number of hydrogen-bond donors (Lipinski definition) is 2. The Morgan fingerprint density at radius 3 is 2.52 bits per heavy atom. The zero-order chi connectivity index (χ0) is 18.8. The lowest BCUT2D eigenvalue weighted by Crippen LogP contribution is -2.44. The van der Waals surface area contributed by atoms with Crippen molar-refractivity contribution in [1.82, 2.24) is 20.4 Å². The van der Waals surface area contributed by atoms with Gasteiger partial charge in [-0.15, -0.1) is 24.0 Å². The van der Waals surface area contributed by atoms with Gasteiger partial charge in [-0.2, -0.15) is 0 Å². The summed E-state index contributed by atoms with van der Waals surface area (Å²) in [4.78, 5) is 20.5. The zero-order valence-electron chi connectivity index (χ0n) is 17.2. The molecule has 0 radical (unpaired) electrons. The molecule has 1 amide bonds. The summed E-state index contributed by atoms with van der Waals surface area (Å²) in [5.74, 6) is 1.91. The van der Waals surface area contributed by atoms with E-state index in [4.69, 9.17) is 4.74 Å². The number of rotatable bonds is 11. The molecule has 27 heavy (non-hydrogen) atoms. The highest BCUT2D eigenvalue weighted by molar-refractivity contribution is 14.0. The molecular weight excluding hydrogens is 457 g/mol. The summed E-state index contributed by atoms with van der Waals surface area (Å²) in [7, 11) is 5.48. The fourth-order valence-electron chi connectivity index (χ4n) is 3.30. The Morgan fingerprint density at radius 2 is 1.89 bits per heavy atom. The van der Waals surface area contributed by atoms with E-state index in [1.807, 2.05) is 14.1 Å². The van der Waals surface area contributed by atoms with Crippen molar-refractivity contribution in [1.29, 1.82) is 0 Å². The summed E-state index contributed by atoms with van der Waals surface area (Å²) in [6.45, 7) is 5.45. The largest absolute Gasteiger partial charge is 0.381 e. The SMILES string of the molecule is CN=C(NCCCOCC1CC1)NCCCN1CCCC1C(=O)N(C)C.I. The maximum Gasteiger partial charge on any atom is 0.239 e. The van der Waals surface area contributed by atoms with Crippen LogP contribution in [0.1, 0.15) is 38.5 Å². The van der Waals surface area contributed by atoms with Gasteiger partial charge in [-0.1, -0.05) is 0 Å². The van der Waals surface area contributed by atoms with Crippen molar-refractivity contribution in [3.8, 4) is 0 Å². The fourth-order valence-corrected chi connectivity index (χ4v) is 3.30. The maximum absolute atomic E-state index is 12.2. The third-order valence-corrected chi connectivity index (χ3v) is 5.04. The number of nitrogens with zero attached hydrogens (tertiary/aromatic N) is 3. The minimum Gasteiger partial charge on any atom is -0.381 e. The Morgan fingerprint density at radius 1 is 1.19 bits per heavy atom. The highest BCUT2D eigenvalue weighted by Crippen LogP contribution is 2.28. The molecule has 0 aromatic heterocycles. The molecule has 8 heteroatoms. The smallest absolute Gasteiger partial charge is 0.239 e. The van der Waals surface area contributed by atoms with Crippen molar-refractivity contribution in [3.05, 3.63) is 0 Å². The van der Waals surface area contributed by atoms with Gasteiger partial charge in [0, 0.05) is 54.0 Å². The van der Waals surface area contributed by atoms with Gasteiger partial charge in [-0.25, -0.2) is 0 Å². The van der Waals surface area contributed by atoms with Crippen molar-refractivity contribution in [2.75, 3.05) is 60.5 Å². The van der Waals surface area contributed by atoms with E-state index in [2.05, 4.69) is 20.5 Å². The molecule has 1 heterocycles. The standard InChI is InChI=1S/C19H37N5O2.HI/c1-20-19(22-11-6-14-26-15-16-8-9-16)21-10-5-13-24-12-4-7-17(24)18(25)23(2)3;/h16-17H,4-15H2,1-3H3,(H2,20,21,22);1H. The van der Waals surface area contributed by atoms with Crippen molar-refractivity contribution >= 4 is 35.8 Å². The Balaban J connectivity index is 0.00000364. The predicted molar refractivity (Wildman–Crippen MR) is 121 cm³/mol. The Kier molecular flexibility index (Phi) is 12.3. The fraction of sp³-hybridized carbons (Fsp3) is 0.895. The molecule has 0 aromatic carbocycles. The quantitative estimate of drug-likeness (QED) is 0.197. The normalized spacial score (nSPS) is 20.3. The van der Waals surface area contributed by atoms with Crippen LogP contribution in [0.25, 0.3) is 0 Å². The van der Waals surface area contributed by atoms with Crippen LogP contribution in [0, 0.1) is 5.92 Å². The summed E-state index contributed by atoms with van der Waals surface area (Å²) in [6.07, 6.45) is 6.78. The second-order valence-electron chi connectivity index (χ2n) is 7.58. The van der Waals surface area contributed by atoms with Crippen molar-refractivity contribution in [3.63, 3.8) is 0 Å². The van der Waals surface area contributed by atoms with Crippen LogP contribution in [-0.2, 0) is 9.53 Å². The molecular formula is C19H38IN5O2. The third-order valence-electron chi connectivity index (χ3n) is 5.04. The van der Waals surface area contributed by atoms with E-state index < -0.39 is 0 Å². The molecule has 2 aliphatic rings. The molecule has 1 saturated carbocycles. The van der Waals surface area contributed by atoms with Crippen LogP contribution in [0.15, 0.2) is 4.99 Å². The lowest BCUT2D eigenvalue weighted by molar-refractivity contribution is -0.133. The number of carbonyl (C=O) groups is 1. The average Bonchev–Trinajstić information content (AvgIpc) is 3.34. The van der Waals surface area contributed by atoms with Crippen LogP contribution in [0.3, 0.4) is 0 Å². The van der Waals surface area contributed by atoms with E-state index in [9.17, 15) is 4.79 Å². The molecule has 1 unspecified atom stereocenters. The summed E-state index contributed by atoms with van der Waals surface area (Å²) in [6, 6.07) is 0.0677. The molecule has 2 fully saturated rings. The molecule has 7 nitrogen and oxygen atoms in total. The molecule has 2 N–H and O–H groups in total. The number of guanidine groups is 1. The predicted octanol–water partition coefficient (Wildman–Crippen LogP) is 1.53. The molecule has 0 bridgehead atoms. The second kappa shape index (κ2) is 13.5. The van der Waals surface area contributed by atoms with Gasteiger partial charge in [0.1, 0.15) is 0 Å². The van der Waals surface area contributed by atoms with Gasteiger partial charge in [0.2, 0.25) is 5.91 Å². The van der Waals surface area contributed by atoms with Crippen LogP contribution >= 0.6 is 24.0 Å². The zero-order valence-corrected chi connectivity index (χ0v) is 19.5. The molecule has 0 spiro atoms. The number of likely N-dealkylation sites (N-methyl/N-ethyl adjacent to an activating group) is 1. The van der Waals surface area contributed by atoms with Crippen molar-refractivity contribution in [2.24, 2.45) is 10.9 Å². The highest BCUT2D eigenvalue weighted by Gasteiger charge is 2.30. The van der Waals surface area contributed by atoms with Gasteiger partial charge in [0.25, 0.3) is 0 Å². The number of ether oxygens (including phenoxy) is 1. The minimum absolute atomic E-state index is 0. The first-order valence-corrected chi connectivity index (χ1v) is 10.1. The number of amides is 1. The van der Waals surface area contributed by atoms with E-state index in [0.29, 0.717) is 0 Å². The molecule has 0 aromatic rings. The summed E-state index contributed by atoms with van der Waals surface area (Å²) >= 11 is 0. The lowest BCUT2D eigenvalue weighted by atomic mass is 10.2. The number of hydrogen-bond acceptors (Lipinski definition) is 4. The van der Waals surface area contributed by atoms with Crippen molar-refractivity contribution < 1.29 is 9.53 Å². The van der Waals surface area contributed by atoms with Crippen molar-refractivity contribution in [2.45, 2.75) is 44.6 Å². The first kappa shape index (κ1) is 24.4. The van der Waals surface area contributed by atoms with E-state index in [0.717, 1.165) is 77.0 Å². The third kappa shape index (κ3) is 9.43. The van der Waals surface area contributed by atoms with E-state index in [1.165, 1.54) is 12.8 Å². The van der Waals surface area contributed by atoms with Gasteiger partial charge < -0.3 is 20.3 Å². The maximum atomic E-state index is 12.2. The number of carbonyl (C=O) groups excluding carboxylic acids is 1. The summed E-state index contributed by atoms with van der Waals surface area (Å²) in [5, 5.41) is 6.68. The molecule has 1 atom stereocenters. The Bertz CT molecular complexity index is 457. The first-order chi connectivity index (χ1) is 12.6. The van der Waals surface area contributed by atoms with E-state index >= 15 is 0 Å². The van der Waals surface area contributed by atoms with Crippen LogP contribution < -0.4 is 10.6 Å². The second-order valence-corrected chi connectivity index (χ2v) is 7.58. The van der Waals surface area contributed by atoms with E-state index in [1.54, 1.807) is 11.9 Å². The molecule has 1 aliphatic carbocycles. The topological polar surface area (TPSA) is 69.2 Å².